The minimum absolute atomic E-state index is 0.0470. The monoisotopic (exact) mass is 507 g/mol. The molecular weight excluding hydrogens is 466 g/mol. The van der Waals surface area contributed by atoms with Gasteiger partial charge in [-0.15, -0.1) is 11.8 Å². The Morgan fingerprint density at radius 2 is 1.80 bits per heavy atom. The van der Waals surface area contributed by atoms with E-state index in [1.54, 1.807) is 0 Å². The number of hydrogen-bond donors (Lipinski definition) is 3. The molecule has 3 N–H and O–H groups in total. The Hall–Kier alpha value is -1.74. The number of amides is 2. The molecule has 4 aliphatic carbocycles. The van der Waals surface area contributed by atoms with Crippen molar-refractivity contribution in [3.8, 4) is 5.88 Å². The second-order valence-electron chi connectivity index (χ2n) is 12.9. The average Bonchev–Trinajstić information content (AvgIpc) is 3.08. The highest BCUT2D eigenvalue weighted by molar-refractivity contribution is 8.00. The van der Waals surface area contributed by atoms with E-state index in [0.717, 1.165) is 32.1 Å². The Balaban J connectivity index is 1.47. The molecule has 2 amide bonds. The van der Waals surface area contributed by atoms with Crippen LogP contribution in [0.2, 0.25) is 0 Å². The molecule has 1 heterocycles. The Kier molecular flexibility index (Phi) is 6.99. The van der Waals surface area contributed by atoms with Crippen LogP contribution in [0.15, 0.2) is 9.42 Å². The lowest BCUT2D eigenvalue weighted by Gasteiger charge is -2.58. The maximum atomic E-state index is 13.4. The Bertz CT molecular complexity index is 951. The molecule has 0 aromatic carbocycles. The average molecular weight is 508 g/mol. The van der Waals surface area contributed by atoms with Crippen molar-refractivity contribution in [1.29, 1.82) is 0 Å². The maximum Gasteiger partial charge on any atom is 0.291 e. The summed E-state index contributed by atoms with van der Waals surface area (Å²) in [6.07, 6.45) is 4.55. The van der Waals surface area contributed by atoms with Crippen molar-refractivity contribution in [3.63, 3.8) is 0 Å². The van der Waals surface area contributed by atoms with Crippen molar-refractivity contribution in [1.82, 2.24) is 15.8 Å². The fourth-order valence-electron chi connectivity index (χ4n) is 6.10. The first-order valence-corrected chi connectivity index (χ1v) is 13.7. The number of aliphatic hydroxyl groups is 1. The van der Waals surface area contributed by atoms with Crippen LogP contribution in [0.4, 0.5) is 0 Å². The number of carbonyl (C=O) groups excluding carboxylic acids is 2. The molecule has 4 fully saturated rings. The number of ether oxygens (including phenoxy) is 1. The highest BCUT2D eigenvalue weighted by Gasteiger charge is 2.55. The highest BCUT2D eigenvalue weighted by Crippen LogP contribution is 2.55. The normalized spacial score (nSPS) is 30.0. The van der Waals surface area contributed by atoms with Gasteiger partial charge in [0.1, 0.15) is 11.5 Å². The van der Waals surface area contributed by atoms with Crippen molar-refractivity contribution in [3.05, 3.63) is 5.76 Å². The van der Waals surface area contributed by atoms with Crippen molar-refractivity contribution in [2.75, 3.05) is 6.61 Å². The Morgan fingerprint density at radius 1 is 1.17 bits per heavy atom. The molecule has 4 saturated carbocycles. The van der Waals surface area contributed by atoms with E-state index in [1.165, 1.54) is 11.8 Å². The molecule has 1 aromatic heterocycles. The number of hydrogen-bond acceptors (Lipinski definition) is 7. The third-order valence-electron chi connectivity index (χ3n) is 7.39. The summed E-state index contributed by atoms with van der Waals surface area (Å²) in [5.74, 6) is 1.17. The molecule has 2 unspecified atom stereocenters. The molecule has 196 valence electrons. The maximum absolute atomic E-state index is 13.4. The van der Waals surface area contributed by atoms with Crippen LogP contribution >= 0.6 is 11.8 Å². The van der Waals surface area contributed by atoms with Gasteiger partial charge in [0.2, 0.25) is 11.7 Å². The predicted molar refractivity (Wildman–Crippen MR) is 134 cm³/mol. The third kappa shape index (κ3) is 5.82. The largest absolute Gasteiger partial charge is 0.474 e. The minimum atomic E-state index is -0.797. The summed E-state index contributed by atoms with van der Waals surface area (Å²) in [5.41, 5.74) is -1.69. The zero-order valence-corrected chi connectivity index (χ0v) is 22.9. The lowest BCUT2D eigenvalue weighted by atomic mass is 9.52. The molecule has 9 heteroatoms. The summed E-state index contributed by atoms with van der Waals surface area (Å²) in [4.78, 5) is 26.6. The second-order valence-corrected chi connectivity index (χ2v) is 14.5. The van der Waals surface area contributed by atoms with Gasteiger partial charge in [0.25, 0.3) is 11.8 Å². The van der Waals surface area contributed by atoms with Crippen LogP contribution in [0, 0.1) is 23.2 Å². The lowest BCUT2D eigenvalue weighted by Crippen LogP contribution is -2.61. The van der Waals surface area contributed by atoms with Gasteiger partial charge in [0, 0.05) is 16.8 Å². The zero-order valence-electron chi connectivity index (χ0n) is 22.1. The predicted octanol–water partition coefficient (Wildman–Crippen LogP) is 4.16. The minimum Gasteiger partial charge on any atom is -0.474 e. The van der Waals surface area contributed by atoms with Crippen molar-refractivity contribution < 1.29 is 24.0 Å². The number of nitrogens with one attached hydrogen (secondary N) is 2. The number of thioether (sulfide) groups is 1. The fourth-order valence-corrected chi connectivity index (χ4v) is 7.01. The first-order valence-electron chi connectivity index (χ1n) is 12.8. The van der Waals surface area contributed by atoms with E-state index in [1.807, 2.05) is 48.5 Å². The summed E-state index contributed by atoms with van der Waals surface area (Å²) < 4.78 is 11.5. The number of rotatable bonds is 8. The standard InChI is InChI=1S/C26H41N3O5S/c1-14(2)35-20-19(34-29-22(20)33-13-25(6,7)23(31)28-24(3,4)5)21(30)27-18-16-8-15-9-17(18)12-26(32,10-15)11-16/h14-18,32H,8-13H2,1-7H3,(H,27,30)(H,28,31)/t15?,16?,17?,18-,26-. The molecule has 0 spiro atoms. The van der Waals surface area contributed by atoms with Crippen molar-refractivity contribution in [2.24, 2.45) is 23.2 Å². The van der Waals surface area contributed by atoms with E-state index in [9.17, 15) is 14.7 Å². The molecule has 5 rings (SSSR count). The molecule has 4 aliphatic rings. The zero-order chi connectivity index (χ0) is 25.8. The van der Waals surface area contributed by atoms with Crippen LogP contribution in [0.25, 0.3) is 0 Å². The lowest BCUT2D eigenvalue weighted by molar-refractivity contribution is -0.137. The fraction of sp³-hybridized carbons (Fsp3) is 0.808. The molecule has 2 atom stereocenters. The molecular formula is C26H41N3O5S. The summed E-state index contributed by atoms with van der Waals surface area (Å²) in [7, 11) is 0. The van der Waals surface area contributed by atoms with Crippen molar-refractivity contribution >= 4 is 23.6 Å². The van der Waals surface area contributed by atoms with Crippen LogP contribution in [0.1, 0.15) is 91.1 Å². The van der Waals surface area contributed by atoms with Gasteiger partial charge in [-0.25, -0.2) is 0 Å². The molecule has 1 aromatic rings. The van der Waals surface area contributed by atoms with E-state index >= 15 is 0 Å². The van der Waals surface area contributed by atoms with Gasteiger partial charge in [0.15, 0.2) is 0 Å². The number of carbonyl (C=O) groups is 2. The molecule has 0 saturated heterocycles. The highest BCUT2D eigenvalue weighted by atomic mass is 32.2. The summed E-state index contributed by atoms with van der Waals surface area (Å²) in [5, 5.41) is 21.3. The SMILES string of the molecule is CC(C)Sc1c(OCC(C)(C)C(=O)NC(C)(C)C)noc1C(=O)N[C@H]1C2CC3CC1C[C@](O)(C3)C2. The van der Waals surface area contributed by atoms with E-state index < -0.39 is 11.0 Å². The first-order chi connectivity index (χ1) is 16.2. The third-order valence-corrected chi connectivity index (χ3v) is 8.46. The summed E-state index contributed by atoms with van der Waals surface area (Å²) in [6, 6.07) is 0.0470. The van der Waals surface area contributed by atoms with Crippen LogP contribution < -0.4 is 15.4 Å². The molecule has 35 heavy (non-hydrogen) atoms. The van der Waals surface area contributed by atoms with Crippen LogP contribution in [-0.4, -0.2) is 51.1 Å². The molecule has 0 radical (unpaired) electrons. The Labute approximate surface area is 212 Å². The van der Waals surface area contributed by atoms with Gasteiger partial charge in [0.05, 0.1) is 11.0 Å². The van der Waals surface area contributed by atoms with Gasteiger partial charge in [-0.3, -0.25) is 9.59 Å². The topological polar surface area (TPSA) is 114 Å². The van der Waals surface area contributed by atoms with Gasteiger partial charge < -0.3 is 25.0 Å². The van der Waals surface area contributed by atoms with E-state index in [0.29, 0.717) is 22.6 Å². The summed E-state index contributed by atoms with van der Waals surface area (Å²) >= 11 is 1.46. The smallest absolute Gasteiger partial charge is 0.291 e. The number of aromatic nitrogens is 1. The number of nitrogens with zero attached hydrogens (tertiary/aromatic N) is 1. The van der Waals surface area contributed by atoms with E-state index in [2.05, 4.69) is 15.8 Å². The van der Waals surface area contributed by atoms with Gasteiger partial charge in [-0.1, -0.05) is 13.8 Å². The van der Waals surface area contributed by atoms with Gasteiger partial charge >= 0.3 is 0 Å². The molecule has 4 bridgehead atoms. The summed E-state index contributed by atoms with van der Waals surface area (Å²) in [6.45, 7) is 13.6. The molecule has 0 aliphatic heterocycles. The van der Waals surface area contributed by atoms with Gasteiger partial charge in [-0.2, -0.15) is 0 Å². The Morgan fingerprint density at radius 3 is 2.34 bits per heavy atom. The van der Waals surface area contributed by atoms with E-state index in [-0.39, 0.29) is 46.9 Å². The van der Waals surface area contributed by atoms with Gasteiger partial charge in [-0.05, 0) is 89.6 Å². The first kappa shape index (κ1) is 26.3. The van der Waals surface area contributed by atoms with E-state index in [4.69, 9.17) is 9.26 Å². The molecule has 8 nitrogen and oxygen atoms in total. The van der Waals surface area contributed by atoms with Crippen LogP contribution in [-0.2, 0) is 4.79 Å². The van der Waals surface area contributed by atoms with Crippen LogP contribution in [0.5, 0.6) is 5.88 Å². The van der Waals surface area contributed by atoms with Crippen LogP contribution in [0.3, 0.4) is 0 Å². The van der Waals surface area contributed by atoms with Crippen molar-refractivity contribution in [2.45, 2.75) is 108 Å². The second kappa shape index (κ2) is 9.29. The quantitative estimate of drug-likeness (QED) is 0.453.